The van der Waals surface area contributed by atoms with Crippen molar-refractivity contribution in [1.29, 1.82) is 0 Å². The lowest BCUT2D eigenvalue weighted by atomic mass is 10.2. The molecule has 0 atom stereocenters. The van der Waals surface area contributed by atoms with Crippen LogP contribution in [-0.2, 0) is 7.05 Å². The topological polar surface area (TPSA) is 59.8 Å². The number of nitrogens with one attached hydrogen (secondary N) is 1. The van der Waals surface area contributed by atoms with Gasteiger partial charge in [-0.3, -0.25) is 9.48 Å². The Bertz CT molecular complexity index is 569. The molecule has 0 radical (unpaired) electrons. The number of nitrogens with zero attached hydrogens (tertiary/aromatic N) is 3. The molecule has 0 saturated heterocycles. The lowest BCUT2D eigenvalue weighted by molar-refractivity contribution is 0.102. The maximum Gasteiger partial charge on any atom is 0.260 e. The molecular formula is C10H8ClFN4O. The molecule has 2 heterocycles. The average molecular weight is 255 g/mol. The van der Waals surface area contributed by atoms with Crippen molar-refractivity contribution in [3.63, 3.8) is 0 Å². The van der Waals surface area contributed by atoms with Crippen LogP contribution in [-0.4, -0.2) is 20.7 Å². The van der Waals surface area contributed by atoms with Crippen molar-refractivity contribution in [1.82, 2.24) is 14.8 Å². The summed E-state index contributed by atoms with van der Waals surface area (Å²) in [5.41, 5.74) is -0.0303. The van der Waals surface area contributed by atoms with E-state index < -0.39 is 11.7 Å². The Kier molecular flexibility index (Phi) is 3.06. The summed E-state index contributed by atoms with van der Waals surface area (Å²) in [6.07, 6.45) is 2.61. The van der Waals surface area contributed by atoms with Gasteiger partial charge in [-0.05, 0) is 6.07 Å². The van der Waals surface area contributed by atoms with Gasteiger partial charge in [0.05, 0.1) is 11.8 Å². The van der Waals surface area contributed by atoms with E-state index in [0.29, 0.717) is 5.82 Å². The molecule has 2 aromatic rings. The standard InChI is InChI=1S/C10H8ClFN4O/c1-16-3-2-8(15-16)14-10(17)7-4-6(12)5-13-9(7)11/h2-5H,1H3,(H,14,15,17). The molecule has 5 nitrogen and oxygen atoms in total. The molecule has 0 saturated carbocycles. The van der Waals surface area contributed by atoms with E-state index in [1.807, 2.05) is 0 Å². The predicted molar refractivity (Wildman–Crippen MR) is 60.4 cm³/mol. The normalized spacial score (nSPS) is 10.3. The number of halogens is 2. The van der Waals surface area contributed by atoms with Crippen LogP contribution in [0.15, 0.2) is 24.5 Å². The summed E-state index contributed by atoms with van der Waals surface area (Å²) < 4.78 is 14.5. The van der Waals surface area contributed by atoms with Gasteiger partial charge in [0.25, 0.3) is 5.91 Å². The Morgan fingerprint density at radius 1 is 1.59 bits per heavy atom. The van der Waals surface area contributed by atoms with Gasteiger partial charge in [-0.2, -0.15) is 5.10 Å². The third kappa shape index (κ3) is 2.59. The minimum atomic E-state index is -0.624. The monoisotopic (exact) mass is 254 g/mol. The van der Waals surface area contributed by atoms with Crippen molar-refractivity contribution >= 4 is 23.3 Å². The van der Waals surface area contributed by atoms with E-state index in [1.54, 1.807) is 19.3 Å². The number of aromatic nitrogens is 3. The van der Waals surface area contributed by atoms with Gasteiger partial charge in [-0.15, -0.1) is 0 Å². The van der Waals surface area contributed by atoms with Gasteiger partial charge in [0.2, 0.25) is 0 Å². The van der Waals surface area contributed by atoms with Crippen molar-refractivity contribution in [2.45, 2.75) is 0 Å². The molecule has 17 heavy (non-hydrogen) atoms. The van der Waals surface area contributed by atoms with E-state index in [9.17, 15) is 9.18 Å². The lowest BCUT2D eigenvalue weighted by Crippen LogP contribution is -2.14. The van der Waals surface area contributed by atoms with Crippen molar-refractivity contribution in [3.05, 3.63) is 41.1 Å². The molecule has 0 aromatic carbocycles. The maximum atomic E-state index is 12.9. The first kappa shape index (κ1) is 11.5. The van der Waals surface area contributed by atoms with Crippen molar-refractivity contribution in [2.75, 3.05) is 5.32 Å². The molecule has 2 rings (SSSR count). The summed E-state index contributed by atoms with van der Waals surface area (Å²) in [5.74, 6) is -0.820. The molecule has 2 aromatic heterocycles. The fourth-order valence-corrected chi connectivity index (χ4v) is 1.44. The van der Waals surface area contributed by atoms with Crippen LogP contribution < -0.4 is 5.32 Å². The number of hydrogen-bond donors (Lipinski definition) is 1. The molecule has 0 fully saturated rings. The Morgan fingerprint density at radius 2 is 2.35 bits per heavy atom. The summed E-state index contributed by atoms with van der Waals surface area (Å²) in [6, 6.07) is 2.63. The number of anilines is 1. The van der Waals surface area contributed by atoms with E-state index in [1.165, 1.54) is 4.68 Å². The highest BCUT2D eigenvalue weighted by Crippen LogP contribution is 2.15. The smallest absolute Gasteiger partial charge is 0.260 e. The van der Waals surface area contributed by atoms with E-state index in [2.05, 4.69) is 15.4 Å². The highest BCUT2D eigenvalue weighted by atomic mass is 35.5. The maximum absolute atomic E-state index is 12.9. The summed E-state index contributed by atoms with van der Waals surface area (Å²) in [6.45, 7) is 0. The van der Waals surface area contributed by atoms with Crippen LogP contribution in [0.4, 0.5) is 10.2 Å². The highest BCUT2D eigenvalue weighted by molar-refractivity contribution is 6.33. The van der Waals surface area contributed by atoms with Gasteiger partial charge >= 0.3 is 0 Å². The molecule has 0 bridgehead atoms. The Hall–Kier alpha value is -1.95. The molecule has 0 unspecified atom stereocenters. The van der Waals surface area contributed by atoms with Gasteiger partial charge in [-0.25, -0.2) is 9.37 Å². The summed E-state index contributed by atoms with van der Waals surface area (Å²) >= 11 is 5.70. The summed E-state index contributed by atoms with van der Waals surface area (Å²) in [7, 11) is 1.71. The van der Waals surface area contributed by atoms with Gasteiger partial charge in [0.15, 0.2) is 5.82 Å². The van der Waals surface area contributed by atoms with E-state index in [-0.39, 0.29) is 10.7 Å². The lowest BCUT2D eigenvalue weighted by Gasteiger charge is -2.03. The number of aryl methyl sites for hydroxylation is 1. The van der Waals surface area contributed by atoms with Crippen LogP contribution in [0, 0.1) is 5.82 Å². The van der Waals surface area contributed by atoms with Crippen molar-refractivity contribution in [3.8, 4) is 0 Å². The average Bonchev–Trinajstić information content (AvgIpc) is 2.67. The van der Waals surface area contributed by atoms with Crippen molar-refractivity contribution < 1.29 is 9.18 Å². The van der Waals surface area contributed by atoms with Crippen LogP contribution in [0.25, 0.3) is 0 Å². The third-order valence-corrected chi connectivity index (χ3v) is 2.31. The number of rotatable bonds is 2. The zero-order valence-corrected chi connectivity index (χ0v) is 9.57. The number of hydrogen-bond acceptors (Lipinski definition) is 3. The zero-order valence-electron chi connectivity index (χ0n) is 8.82. The van der Waals surface area contributed by atoms with Gasteiger partial charge in [-0.1, -0.05) is 11.6 Å². The number of amides is 1. The number of carbonyl (C=O) groups excluding carboxylic acids is 1. The van der Waals surface area contributed by atoms with Gasteiger partial charge in [0, 0.05) is 19.3 Å². The van der Waals surface area contributed by atoms with E-state index in [0.717, 1.165) is 12.3 Å². The second-order valence-corrected chi connectivity index (χ2v) is 3.68. The van der Waals surface area contributed by atoms with Crippen molar-refractivity contribution in [2.24, 2.45) is 7.05 Å². The minimum Gasteiger partial charge on any atom is -0.305 e. The van der Waals surface area contributed by atoms with Gasteiger partial charge in [0.1, 0.15) is 11.0 Å². The fourth-order valence-electron chi connectivity index (χ4n) is 1.25. The Morgan fingerprint density at radius 3 is 3.00 bits per heavy atom. The molecule has 0 spiro atoms. The fraction of sp³-hybridized carbons (Fsp3) is 0.100. The first-order chi connectivity index (χ1) is 8.06. The quantitative estimate of drug-likeness (QED) is 0.832. The van der Waals surface area contributed by atoms with Crippen LogP contribution >= 0.6 is 11.6 Å². The first-order valence-corrected chi connectivity index (χ1v) is 5.06. The second-order valence-electron chi connectivity index (χ2n) is 3.32. The molecule has 0 aliphatic carbocycles. The third-order valence-electron chi connectivity index (χ3n) is 2.01. The van der Waals surface area contributed by atoms with Crippen LogP contribution in [0.5, 0.6) is 0 Å². The predicted octanol–water partition coefficient (Wildman–Crippen LogP) is 1.86. The SMILES string of the molecule is Cn1ccc(NC(=O)c2cc(F)cnc2Cl)n1. The van der Waals surface area contributed by atoms with Crippen LogP contribution in [0.1, 0.15) is 10.4 Å². The Balaban J connectivity index is 2.22. The Labute approximate surface area is 101 Å². The van der Waals surface area contributed by atoms with Crippen LogP contribution in [0.3, 0.4) is 0 Å². The molecule has 0 aliphatic rings. The highest BCUT2D eigenvalue weighted by Gasteiger charge is 2.13. The van der Waals surface area contributed by atoms with Crippen LogP contribution in [0.2, 0.25) is 5.15 Å². The second kappa shape index (κ2) is 4.50. The summed E-state index contributed by atoms with van der Waals surface area (Å²) in [4.78, 5) is 15.3. The molecule has 88 valence electrons. The molecule has 0 aliphatic heterocycles. The number of pyridine rings is 1. The molecule has 7 heteroatoms. The van der Waals surface area contributed by atoms with E-state index >= 15 is 0 Å². The number of carbonyl (C=O) groups is 1. The molecular weight excluding hydrogens is 247 g/mol. The molecule has 1 amide bonds. The van der Waals surface area contributed by atoms with Gasteiger partial charge < -0.3 is 5.32 Å². The largest absolute Gasteiger partial charge is 0.305 e. The van der Waals surface area contributed by atoms with E-state index in [4.69, 9.17) is 11.6 Å². The summed E-state index contributed by atoms with van der Waals surface area (Å²) in [5, 5.41) is 6.39. The minimum absolute atomic E-state index is 0.0303. The molecule has 1 N–H and O–H groups in total. The zero-order chi connectivity index (χ0) is 12.4. The first-order valence-electron chi connectivity index (χ1n) is 4.68.